The van der Waals surface area contributed by atoms with Crippen LogP contribution < -0.4 is 0 Å². The van der Waals surface area contributed by atoms with Gasteiger partial charge in [-0.05, 0) is 26.0 Å². The molecule has 0 unspecified atom stereocenters. The Morgan fingerprint density at radius 2 is 1.62 bits per heavy atom. The summed E-state index contributed by atoms with van der Waals surface area (Å²) in [5.41, 5.74) is 2.43. The Balaban J connectivity index is 2.52. The fourth-order valence-electron chi connectivity index (χ4n) is 1.19. The van der Waals surface area contributed by atoms with Crippen LogP contribution in [0.5, 0.6) is 0 Å². The number of halogens is 2. The summed E-state index contributed by atoms with van der Waals surface area (Å²) in [4.78, 5) is 12.5. The SMILES string of the molecule is Cc1ccc(-c2nc(Cl)c(C)c(Cl)n2)cn1. The fraction of sp³-hybridized carbons (Fsp3) is 0.182. The van der Waals surface area contributed by atoms with E-state index in [9.17, 15) is 0 Å². The summed E-state index contributed by atoms with van der Waals surface area (Å²) in [5.74, 6) is 0.494. The van der Waals surface area contributed by atoms with Crippen molar-refractivity contribution in [1.29, 1.82) is 0 Å². The van der Waals surface area contributed by atoms with Gasteiger partial charge in [-0.25, -0.2) is 9.97 Å². The molecule has 0 amide bonds. The smallest absolute Gasteiger partial charge is 0.164 e. The topological polar surface area (TPSA) is 38.7 Å². The van der Waals surface area contributed by atoms with Gasteiger partial charge in [-0.1, -0.05) is 23.2 Å². The van der Waals surface area contributed by atoms with Crippen molar-refractivity contribution in [3.8, 4) is 11.4 Å². The lowest BCUT2D eigenvalue weighted by atomic mass is 10.2. The van der Waals surface area contributed by atoms with Gasteiger partial charge in [0.05, 0.1) is 0 Å². The molecular formula is C11H9Cl2N3. The second-order valence-electron chi connectivity index (χ2n) is 3.44. The minimum absolute atomic E-state index is 0.371. The molecule has 2 aromatic heterocycles. The van der Waals surface area contributed by atoms with Gasteiger partial charge in [0.2, 0.25) is 0 Å². The van der Waals surface area contributed by atoms with Gasteiger partial charge in [-0.15, -0.1) is 0 Å². The Kier molecular flexibility index (Phi) is 3.08. The van der Waals surface area contributed by atoms with E-state index >= 15 is 0 Å². The van der Waals surface area contributed by atoms with E-state index in [1.54, 1.807) is 13.1 Å². The maximum atomic E-state index is 5.94. The molecule has 3 nitrogen and oxygen atoms in total. The van der Waals surface area contributed by atoms with Crippen molar-refractivity contribution in [3.05, 3.63) is 39.9 Å². The molecule has 2 aromatic rings. The third kappa shape index (κ3) is 2.15. The zero-order valence-corrected chi connectivity index (χ0v) is 10.3. The van der Waals surface area contributed by atoms with Gasteiger partial charge in [0.25, 0.3) is 0 Å². The van der Waals surface area contributed by atoms with Crippen molar-refractivity contribution in [2.75, 3.05) is 0 Å². The molecule has 0 fully saturated rings. The first-order valence-corrected chi connectivity index (χ1v) is 5.46. The highest BCUT2D eigenvalue weighted by molar-refractivity contribution is 6.34. The number of pyridine rings is 1. The molecule has 0 aliphatic rings. The quantitative estimate of drug-likeness (QED) is 0.731. The number of rotatable bonds is 1. The molecule has 0 saturated carbocycles. The van der Waals surface area contributed by atoms with Gasteiger partial charge >= 0.3 is 0 Å². The molecule has 2 heterocycles. The molecule has 0 aliphatic heterocycles. The Morgan fingerprint density at radius 1 is 1.00 bits per heavy atom. The molecular weight excluding hydrogens is 245 g/mol. The number of hydrogen-bond donors (Lipinski definition) is 0. The largest absolute Gasteiger partial charge is 0.261 e. The minimum Gasteiger partial charge on any atom is -0.261 e. The lowest BCUT2D eigenvalue weighted by Gasteiger charge is -2.04. The third-order valence-electron chi connectivity index (χ3n) is 2.20. The van der Waals surface area contributed by atoms with E-state index in [1.165, 1.54) is 0 Å². The van der Waals surface area contributed by atoms with Crippen LogP contribution in [0.4, 0.5) is 0 Å². The van der Waals surface area contributed by atoms with Crippen LogP contribution in [0.25, 0.3) is 11.4 Å². The van der Waals surface area contributed by atoms with Crippen molar-refractivity contribution in [1.82, 2.24) is 15.0 Å². The molecule has 0 aromatic carbocycles. The van der Waals surface area contributed by atoms with Crippen LogP contribution >= 0.6 is 23.2 Å². The van der Waals surface area contributed by atoms with Crippen molar-refractivity contribution < 1.29 is 0 Å². The van der Waals surface area contributed by atoms with E-state index in [0.717, 1.165) is 11.3 Å². The summed E-state index contributed by atoms with van der Waals surface area (Å²) >= 11 is 11.9. The van der Waals surface area contributed by atoms with Gasteiger partial charge < -0.3 is 0 Å². The van der Waals surface area contributed by atoms with Crippen molar-refractivity contribution >= 4 is 23.2 Å². The molecule has 0 atom stereocenters. The zero-order chi connectivity index (χ0) is 11.7. The normalized spacial score (nSPS) is 10.5. The summed E-state index contributed by atoms with van der Waals surface area (Å²) in [5, 5.41) is 0.742. The predicted octanol–water partition coefficient (Wildman–Crippen LogP) is 3.46. The highest BCUT2D eigenvalue weighted by Crippen LogP contribution is 2.24. The molecule has 0 saturated heterocycles. The van der Waals surface area contributed by atoms with Gasteiger partial charge in [-0.2, -0.15) is 0 Å². The highest BCUT2D eigenvalue weighted by Gasteiger charge is 2.09. The van der Waals surface area contributed by atoms with Gasteiger partial charge in [0.1, 0.15) is 10.3 Å². The molecule has 16 heavy (non-hydrogen) atoms. The van der Waals surface area contributed by atoms with E-state index in [1.807, 2.05) is 19.1 Å². The molecule has 82 valence electrons. The number of nitrogens with zero attached hydrogens (tertiary/aromatic N) is 3. The van der Waals surface area contributed by atoms with Gasteiger partial charge in [0, 0.05) is 23.0 Å². The molecule has 2 rings (SSSR count). The van der Waals surface area contributed by atoms with Crippen LogP contribution in [-0.2, 0) is 0 Å². The first-order valence-electron chi connectivity index (χ1n) is 4.70. The Labute approximate surface area is 103 Å². The standard InChI is InChI=1S/C11H9Cl2N3/c1-6-3-4-8(5-14-6)11-15-9(12)7(2)10(13)16-11/h3-5H,1-2H3. The minimum atomic E-state index is 0.371. The molecule has 0 N–H and O–H groups in total. The monoisotopic (exact) mass is 253 g/mol. The molecule has 5 heteroatoms. The van der Waals surface area contributed by atoms with Gasteiger partial charge in [0.15, 0.2) is 5.82 Å². The Hall–Kier alpha value is -1.19. The number of aryl methyl sites for hydroxylation is 1. The molecule has 0 aliphatic carbocycles. The lowest BCUT2D eigenvalue weighted by molar-refractivity contribution is 1.12. The first-order chi connectivity index (χ1) is 7.58. The average molecular weight is 254 g/mol. The summed E-state index contributed by atoms with van der Waals surface area (Å²) in [7, 11) is 0. The van der Waals surface area contributed by atoms with Crippen LogP contribution in [0, 0.1) is 13.8 Å². The lowest BCUT2D eigenvalue weighted by Crippen LogP contribution is -1.94. The Bertz CT molecular complexity index is 500. The highest BCUT2D eigenvalue weighted by atomic mass is 35.5. The van der Waals surface area contributed by atoms with Crippen LogP contribution in [-0.4, -0.2) is 15.0 Å². The first kappa shape index (κ1) is 11.3. The van der Waals surface area contributed by atoms with Crippen LogP contribution in [0.1, 0.15) is 11.3 Å². The van der Waals surface area contributed by atoms with E-state index in [2.05, 4.69) is 15.0 Å². The fourth-order valence-corrected chi connectivity index (χ4v) is 1.58. The number of hydrogen-bond acceptors (Lipinski definition) is 3. The zero-order valence-electron chi connectivity index (χ0n) is 8.83. The van der Waals surface area contributed by atoms with Gasteiger partial charge in [-0.3, -0.25) is 4.98 Å². The van der Waals surface area contributed by atoms with E-state index < -0.39 is 0 Å². The average Bonchev–Trinajstić information content (AvgIpc) is 2.26. The van der Waals surface area contributed by atoms with E-state index in [0.29, 0.717) is 21.7 Å². The summed E-state index contributed by atoms with van der Waals surface area (Å²) in [6.45, 7) is 3.70. The third-order valence-corrected chi connectivity index (χ3v) is 2.93. The molecule has 0 radical (unpaired) electrons. The second-order valence-corrected chi connectivity index (χ2v) is 4.16. The summed E-state index contributed by atoms with van der Waals surface area (Å²) in [6.07, 6.45) is 1.70. The van der Waals surface area contributed by atoms with E-state index in [-0.39, 0.29) is 0 Å². The van der Waals surface area contributed by atoms with E-state index in [4.69, 9.17) is 23.2 Å². The summed E-state index contributed by atoms with van der Waals surface area (Å²) < 4.78 is 0. The maximum absolute atomic E-state index is 5.94. The maximum Gasteiger partial charge on any atom is 0.164 e. The van der Waals surface area contributed by atoms with Crippen LogP contribution in [0.3, 0.4) is 0 Å². The van der Waals surface area contributed by atoms with Crippen LogP contribution in [0.15, 0.2) is 18.3 Å². The predicted molar refractivity (Wildman–Crippen MR) is 64.8 cm³/mol. The summed E-state index contributed by atoms with van der Waals surface area (Å²) in [6, 6.07) is 3.78. The number of aromatic nitrogens is 3. The Morgan fingerprint density at radius 3 is 2.12 bits per heavy atom. The van der Waals surface area contributed by atoms with Crippen molar-refractivity contribution in [3.63, 3.8) is 0 Å². The molecule has 0 spiro atoms. The van der Waals surface area contributed by atoms with Crippen LogP contribution in [0.2, 0.25) is 10.3 Å². The van der Waals surface area contributed by atoms with Crippen molar-refractivity contribution in [2.45, 2.75) is 13.8 Å². The second kappa shape index (κ2) is 4.36. The molecule has 0 bridgehead atoms. The van der Waals surface area contributed by atoms with Crippen molar-refractivity contribution in [2.24, 2.45) is 0 Å².